The van der Waals surface area contributed by atoms with E-state index in [1.807, 2.05) is 7.05 Å². The minimum Gasteiger partial charge on any atom is -0.316 e. The van der Waals surface area contributed by atoms with Crippen molar-refractivity contribution >= 4 is 11.8 Å². The monoisotopic (exact) mass is 175 g/mol. The van der Waals surface area contributed by atoms with Crippen molar-refractivity contribution in [2.45, 2.75) is 50.7 Å². The fraction of sp³-hybridized carbons (Fsp3) is 1.00. The van der Waals surface area contributed by atoms with Crippen molar-refractivity contribution in [3.63, 3.8) is 0 Å². The summed E-state index contributed by atoms with van der Waals surface area (Å²) in [5.74, 6) is 0. The summed E-state index contributed by atoms with van der Waals surface area (Å²) in [4.78, 5) is 0. The van der Waals surface area contributed by atoms with Gasteiger partial charge in [-0.3, -0.25) is 0 Å². The van der Waals surface area contributed by atoms with E-state index >= 15 is 0 Å². The van der Waals surface area contributed by atoms with Gasteiger partial charge >= 0.3 is 0 Å². The highest BCUT2D eigenvalue weighted by Crippen LogP contribution is 2.21. The summed E-state index contributed by atoms with van der Waals surface area (Å²) in [6.07, 6.45) is 1.27. The standard InChI is InChI=1S/C9H21NS/c1-6-7(2)11-9(4)8(3)10-5/h7-10H,6H2,1-5H3. The van der Waals surface area contributed by atoms with Gasteiger partial charge in [0, 0.05) is 16.5 Å². The van der Waals surface area contributed by atoms with Crippen LogP contribution in [0.15, 0.2) is 0 Å². The summed E-state index contributed by atoms with van der Waals surface area (Å²) in [6, 6.07) is 0.619. The molecule has 0 saturated heterocycles. The topological polar surface area (TPSA) is 12.0 Å². The highest BCUT2D eigenvalue weighted by Gasteiger charge is 2.12. The van der Waals surface area contributed by atoms with Crippen LogP contribution >= 0.6 is 11.8 Å². The smallest absolute Gasteiger partial charge is 0.0172 e. The molecule has 0 amide bonds. The van der Waals surface area contributed by atoms with E-state index in [0.717, 1.165) is 10.5 Å². The number of hydrogen-bond acceptors (Lipinski definition) is 2. The molecule has 0 saturated carbocycles. The average Bonchev–Trinajstić information content (AvgIpc) is 2.02. The summed E-state index contributed by atoms with van der Waals surface area (Å²) in [5.41, 5.74) is 0. The van der Waals surface area contributed by atoms with Crippen LogP contribution in [0.5, 0.6) is 0 Å². The van der Waals surface area contributed by atoms with E-state index < -0.39 is 0 Å². The SMILES string of the molecule is CCC(C)SC(C)C(C)NC. The Kier molecular flexibility index (Phi) is 6.06. The molecule has 3 unspecified atom stereocenters. The van der Waals surface area contributed by atoms with Crippen LogP contribution in [0.4, 0.5) is 0 Å². The summed E-state index contributed by atoms with van der Waals surface area (Å²) < 4.78 is 0. The number of hydrogen-bond donors (Lipinski definition) is 1. The first-order valence-electron chi connectivity index (χ1n) is 4.44. The predicted octanol–water partition coefficient (Wildman–Crippen LogP) is 2.51. The maximum atomic E-state index is 3.27. The number of rotatable bonds is 5. The highest BCUT2D eigenvalue weighted by molar-refractivity contribution is 8.00. The molecule has 2 heteroatoms. The van der Waals surface area contributed by atoms with Gasteiger partial charge in [0.2, 0.25) is 0 Å². The van der Waals surface area contributed by atoms with Gasteiger partial charge in [0.25, 0.3) is 0 Å². The first-order chi connectivity index (χ1) is 5.11. The molecule has 68 valence electrons. The molecule has 1 N–H and O–H groups in total. The molecule has 0 aliphatic heterocycles. The normalized spacial score (nSPS) is 19.4. The maximum Gasteiger partial charge on any atom is 0.0172 e. The van der Waals surface area contributed by atoms with Gasteiger partial charge < -0.3 is 5.32 Å². The van der Waals surface area contributed by atoms with Gasteiger partial charge in [-0.2, -0.15) is 11.8 Å². The zero-order valence-corrected chi connectivity index (χ0v) is 9.16. The van der Waals surface area contributed by atoms with Crippen LogP contribution in [-0.2, 0) is 0 Å². The zero-order valence-electron chi connectivity index (χ0n) is 8.35. The fourth-order valence-corrected chi connectivity index (χ4v) is 2.11. The summed E-state index contributed by atoms with van der Waals surface area (Å²) in [5, 5.41) is 4.78. The third-order valence-corrected chi connectivity index (χ3v) is 3.82. The van der Waals surface area contributed by atoms with Gasteiger partial charge in [0.1, 0.15) is 0 Å². The molecule has 0 aromatic carbocycles. The molecule has 1 nitrogen and oxygen atoms in total. The van der Waals surface area contributed by atoms with Crippen molar-refractivity contribution in [3.8, 4) is 0 Å². The Morgan fingerprint density at radius 2 is 1.82 bits per heavy atom. The minimum absolute atomic E-state index is 0.619. The molecule has 0 aromatic heterocycles. The average molecular weight is 175 g/mol. The van der Waals surface area contributed by atoms with Crippen LogP contribution in [0.1, 0.15) is 34.1 Å². The van der Waals surface area contributed by atoms with Crippen molar-refractivity contribution < 1.29 is 0 Å². The lowest BCUT2D eigenvalue weighted by Crippen LogP contribution is -2.31. The molecule has 0 spiro atoms. The Labute approximate surface area is 75.3 Å². The molecular formula is C9H21NS. The predicted molar refractivity (Wildman–Crippen MR) is 55.3 cm³/mol. The Morgan fingerprint density at radius 3 is 2.18 bits per heavy atom. The van der Waals surface area contributed by atoms with E-state index in [0.29, 0.717) is 6.04 Å². The summed E-state index contributed by atoms with van der Waals surface area (Å²) in [6.45, 7) is 9.07. The van der Waals surface area contributed by atoms with Crippen molar-refractivity contribution in [2.24, 2.45) is 0 Å². The third kappa shape index (κ3) is 4.70. The first kappa shape index (κ1) is 11.3. The highest BCUT2D eigenvalue weighted by atomic mass is 32.2. The van der Waals surface area contributed by atoms with E-state index in [9.17, 15) is 0 Å². The molecule has 0 heterocycles. The van der Waals surface area contributed by atoms with E-state index in [-0.39, 0.29) is 0 Å². The maximum absolute atomic E-state index is 3.27. The lowest BCUT2D eigenvalue weighted by molar-refractivity contribution is 0.603. The molecule has 0 aromatic rings. The van der Waals surface area contributed by atoms with E-state index in [4.69, 9.17) is 0 Å². The molecule has 3 atom stereocenters. The zero-order chi connectivity index (χ0) is 8.85. The van der Waals surface area contributed by atoms with Gasteiger partial charge in [-0.1, -0.05) is 20.8 Å². The fourth-order valence-electron chi connectivity index (χ4n) is 0.815. The second-order valence-corrected chi connectivity index (χ2v) is 4.96. The van der Waals surface area contributed by atoms with Crippen molar-refractivity contribution in [3.05, 3.63) is 0 Å². The molecule has 11 heavy (non-hydrogen) atoms. The Hall–Kier alpha value is 0.310. The van der Waals surface area contributed by atoms with Crippen LogP contribution in [0.25, 0.3) is 0 Å². The van der Waals surface area contributed by atoms with Crippen LogP contribution in [0.2, 0.25) is 0 Å². The Morgan fingerprint density at radius 1 is 1.27 bits per heavy atom. The molecule has 0 radical (unpaired) electrons. The lowest BCUT2D eigenvalue weighted by atomic mass is 10.3. The van der Waals surface area contributed by atoms with Crippen molar-refractivity contribution in [2.75, 3.05) is 7.05 Å². The Bertz CT molecular complexity index is 95.6. The van der Waals surface area contributed by atoms with Crippen LogP contribution in [0.3, 0.4) is 0 Å². The molecular weight excluding hydrogens is 154 g/mol. The van der Waals surface area contributed by atoms with Gasteiger partial charge in [0.05, 0.1) is 0 Å². The molecule has 0 fully saturated rings. The molecule has 0 rings (SSSR count). The van der Waals surface area contributed by atoms with Crippen LogP contribution < -0.4 is 5.32 Å². The second kappa shape index (κ2) is 5.90. The van der Waals surface area contributed by atoms with Crippen LogP contribution in [-0.4, -0.2) is 23.6 Å². The largest absolute Gasteiger partial charge is 0.316 e. The molecule has 0 aliphatic carbocycles. The lowest BCUT2D eigenvalue weighted by Gasteiger charge is -2.21. The third-order valence-electron chi connectivity index (χ3n) is 2.18. The van der Waals surface area contributed by atoms with Gasteiger partial charge in [0.15, 0.2) is 0 Å². The first-order valence-corrected chi connectivity index (χ1v) is 5.38. The number of nitrogens with one attached hydrogen (secondary N) is 1. The minimum atomic E-state index is 0.619. The molecule has 0 bridgehead atoms. The second-order valence-electron chi connectivity index (χ2n) is 3.14. The summed E-state index contributed by atoms with van der Waals surface area (Å²) in [7, 11) is 2.03. The molecule has 0 aliphatic rings. The van der Waals surface area contributed by atoms with Crippen LogP contribution in [0, 0.1) is 0 Å². The quantitative estimate of drug-likeness (QED) is 0.689. The van der Waals surface area contributed by atoms with Gasteiger partial charge in [-0.15, -0.1) is 0 Å². The van der Waals surface area contributed by atoms with E-state index in [1.165, 1.54) is 6.42 Å². The van der Waals surface area contributed by atoms with Crippen molar-refractivity contribution in [1.29, 1.82) is 0 Å². The summed E-state index contributed by atoms with van der Waals surface area (Å²) >= 11 is 2.07. The van der Waals surface area contributed by atoms with Gasteiger partial charge in [-0.05, 0) is 20.4 Å². The van der Waals surface area contributed by atoms with Gasteiger partial charge in [-0.25, -0.2) is 0 Å². The van der Waals surface area contributed by atoms with E-state index in [2.05, 4.69) is 44.8 Å². The van der Waals surface area contributed by atoms with Crippen molar-refractivity contribution in [1.82, 2.24) is 5.32 Å². The number of thioether (sulfide) groups is 1. The Balaban J connectivity index is 3.58. The van der Waals surface area contributed by atoms with E-state index in [1.54, 1.807) is 0 Å².